The number of aliphatic hydroxyl groups excluding tert-OH is 1. The van der Waals surface area contributed by atoms with Crippen molar-refractivity contribution in [2.24, 2.45) is 29.1 Å². The molecule has 0 aromatic carbocycles. The van der Waals surface area contributed by atoms with Gasteiger partial charge in [0, 0.05) is 49.4 Å². The summed E-state index contributed by atoms with van der Waals surface area (Å²) >= 11 is 0. The minimum Gasteiger partial charge on any atom is -0.456 e. The number of ether oxygens (including phenoxy) is 2. The second kappa shape index (κ2) is 6.27. The lowest BCUT2D eigenvalue weighted by atomic mass is 9.59. The van der Waals surface area contributed by atoms with Gasteiger partial charge < -0.3 is 24.8 Å². The lowest BCUT2D eigenvalue weighted by Gasteiger charge is -2.52. The number of carbonyl (C=O) groups is 3. The van der Waals surface area contributed by atoms with Gasteiger partial charge in [0.1, 0.15) is 17.0 Å². The number of Topliss-reactive ketones (excluding diaryl/α,β-unsaturated/α-hetero) is 1. The van der Waals surface area contributed by atoms with Crippen LogP contribution in [0.4, 0.5) is 0 Å². The topological polar surface area (TPSA) is 130 Å². The van der Waals surface area contributed by atoms with Crippen molar-refractivity contribution in [3.8, 4) is 0 Å². The first-order valence-corrected chi connectivity index (χ1v) is 10.6. The molecule has 2 fully saturated rings. The number of rotatable bonds is 2. The minimum absolute atomic E-state index is 0.0837. The summed E-state index contributed by atoms with van der Waals surface area (Å²) in [5.74, 6) is -4.78. The molecular formula is C23H30O8. The molecule has 4 aliphatic carbocycles. The van der Waals surface area contributed by atoms with Gasteiger partial charge in [0.2, 0.25) is 0 Å². The van der Waals surface area contributed by atoms with Crippen LogP contribution >= 0.6 is 0 Å². The van der Waals surface area contributed by atoms with Gasteiger partial charge >= 0.3 is 11.9 Å². The summed E-state index contributed by atoms with van der Waals surface area (Å²) in [4.78, 5) is 36.6. The van der Waals surface area contributed by atoms with E-state index in [0.717, 1.165) is 0 Å². The highest BCUT2D eigenvalue weighted by Crippen LogP contribution is 2.76. The number of fused-ring (bicyclic) bond motifs is 5. The summed E-state index contributed by atoms with van der Waals surface area (Å²) in [5.41, 5.74) is -5.40. The summed E-state index contributed by atoms with van der Waals surface area (Å²) in [5, 5.41) is 35.0. The Morgan fingerprint density at radius 2 is 1.74 bits per heavy atom. The maximum absolute atomic E-state index is 12.9. The second-order valence-corrected chi connectivity index (χ2v) is 10.2. The molecule has 0 unspecified atom stereocenters. The van der Waals surface area contributed by atoms with Crippen molar-refractivity contribution in [1.82, 2.24) is 0 Å². The Hall–Kier alpha value is -2.03. The molecule has 0 heterocycles. The monoisotopic (exact) mass is 434 g/mol. The van der Waals surface area contributed by atoms with Crippen molar-refractivity contribution in [2.75, 3.05) is 0 Å². The lowest BCUT2D eigenvalue weighted by Crippen LogP contribution is -2.65. The fourth-order valence-corrected chi connectivity index (χ4v) is 6.92. The van der Waals surface area contributed by atoms with E-state index in [-0.39, 0.29) is 12.2 Å². The van der Waals surface area contributed by atoms with Gasteiger partial charge in [-0.3, -0.25) is 14.4 Å². The van der Waals surface area contributed by atoms with Gasteiger partial charge in [0.15, 0.2) is 5.78 Å². The van der Waals surface area contributed by atoms with Crippen LogP contribution in [0.3, 0.4) is 0 Å². The van der Waals surface area contributed by atoms with E-state index >= 15 is 0 Å². The Kier molecular flexibility index (Phi) is 4.48. The Labute approximate surface area is 180 Å². The molecule has 0 aromatic rings. The zero-order chi connectivity index (χ0) is 23.3. The van der Waals surface area contributed by atoms with Crippen LogP contribution in [-0.4, -0.2) is 55.9 Å². The highest BCUT2D eigenvalue weighted by Gasteiger charge is 2.86. The van der Waals surface area contributed by atoms with E-state index in [2.05, 4.69) is 0 Å². The maximum atomic E-state index is 12.9. The van der Waals surface area contributed by atoms with Crippen molar-refractivity contribution in [3.05, 3.63) is 23.5 Å². The van der Waals surface area contributed by atoms with E-state index in [1.807, 2.05) is 13.8 Å². The molecule has 170 valence electrons. The molecule has 4 aliphatic rings. The quantitative estimate of drug-likeness (QED) is 0.550. The molecule has 0 aromatic heterocycles. The fraction of sp³-hybridized carbons (Fsp3) is 0.696. The molecule has 2 saturated carbocycles. The van der Waals surface area contributed by atoms with Crippen LogP contribution in [0.15, 0.2) is 23.5 Å². The van der Waals surface area contributed by atoms with Crippen LogP contribution < -0.4 is 0 Å². The molecule has 8 heteroatoms. The van der Waals surface area contributed by atoms with E-state index in [1.54, 1.807) is 26.0 Å². The van der Waals surface area contributed by atoms with Gasteiger partial charge in [-0.15, -0.1) is 0 Å². The summed E-state index contributed by atoms with van der Waals surface area (Å²) in [6.07, 6.45) is 1.63. The molecule has 8 nitrogen and oxygen atoms in total. The second-order valence-electron chi connectivity index (χ2n) is 10.2. The summed E-state index contributed by atoms with van der Waals surface area (Å²) in [6, 6.07) is 0. The number of esters is 2. The van der Waals surface area contributed by atoms with Gasteiger partial charge in [0.25, 0.3) is 0 Å². The Morgan fingerprint density at radius 3 is 2.29 bits per heavy atom. The van der Waals surface area contributed by atoms with Crippen molar-refractivity contribution in [3.63, 3.8) is 0 Å². The largest absolute Gasteiger partial charge is 0.456 e. The van der Waals surface area contributed by atoms with Crippen LogP contribution in [0.5, 0.6) is 0 Å². The van der Waals surface area contributed by atoms with Crippen LogP contribution in [0.25, 0.3) is 0 Å². The van der Waals surface area contributed by atoms with E-state index < -0.39 is 69.7 Å². The number of hydrogen-bond donors (Lipinski definition) is 3. The van der Waals surface area contributed by atoms with E-state index in [1.165, 1.54) is 13.8 Å². The molecule has 0 spiro atoms. The Balaban J connectivity index is 1.95. The molecule has 0 saturated heterocycles. The van der Waals surface area contributed by atoms with Crippen molar-refractivity contribution < 1.29 is 39.2 Å². The first-order chi connectivity index (χ1) is 14.2. The predicted octanol–water partition coefficient (Wildman–Crippen LogP) is 1.03. The first-order valence-electron chi connectivity index (χ1n) is 10.6. The summed E-state index contributed by atoms with van der Waals surface area (Å²) < 4.78 is 11.0. The van der Waals surface area contributed by atoms with Crippen LogP contribution in [0, 0.1) is 29.1 Å². The third-order valence-electron chi connectivity index (χ3n) is 8.28. The zero-order valence-corrected chi connectivity index (χ0v) is 18.6. The molecule has 0 radical (unpaired) electrons. The van der Waals surface area contributed by atoms with E-state index in [4.69, 9.17) is 9.47 Å². The predicted molar refractivity (Wildman–Crippen MR) is 107 cm³/mol. The molecule has 0 bridgehead atoms. The normalized spacial score (nSPS) is 47.1. The Morgan fingerprint density at radius 1 is 1.13 bits per heavy atom. The third kappa shape index (κ3) is 2.49. The summed E-state index contributed by atoms with van der Waals surface area (Å²) in [6.45, 7) is 9.38. The molecule has 31 heavy (non-hydrogen) atoms. The highest BCUT2D eigenvalue weighted by atomic mass is 16.6. The summed E-state index contributed by atoms with van der Waals surface area (Å²) in [7, 11) is 0. The van der Waals surface area contributed by atoms with E-state index in [9.17, 15) is 29.7 Å². The fourth-order valence-electron chi connectivity index (χ4n) is 6.92. The molecule has 0 aliphatic heterocycles. The van der Waals surface area contributed by atoms with Gasteiger partial charge in [-0.2, -0.15) is 0 Å². The first kappa shape index (κ1) is 22.2. The molecule has 4 rings (SSSR count). The van der Waals surface area contributed by atoms with Crippen LogP contribution in [0.2, 0.25) is 0 Å². The SMILES string of the molecule is CC(=O)OC1=C[C@H]2[C@@H]3C(C)(C)[C@]3(OC(C)=O)[C@H](O)[C@@H](C)[C@]2(O)[C@@H]2C=C(C)C(=O)[C@@]2(O)C1. The average Bonchev–Trinajstić information content (AvgIpc) is 3.06. The standard InChI is InChI=1S/C23H30O8/c1-10-7-16-21(28,18(10)26)9-14(30-12(3)24)8-15-17-20(5,6)23(17,31-13(4)25)19(27)11(2)22(15,16)29/h7-8,11,15-17,19,27-29H,9H2,1-6H3/t11-,15+,16-,17-,19-,21-,22-,23-/m1/s1. The van der Waals surface area contributed by atoms with Crippen molar-refractivity contribution in [2.45, 2.75) is 70.9 Å². The maximum Gasteiger partial charge on any atom is 0.307 e. The van der Waals surface area contributed by atoms with Gasteiger partial charge in [0.05, 0.1) is 11.7 Å². The average molecular weight is 434 g/mol. The highest BCUT2D eigenvalue weighted by molar-refractivity contribution is 6.04. The zero-order valence-electron chi connectivity index (χ0n) is 18.6. The van der Waals surface area contributed by atoms with Gasteiger partial charge in [-0.05, 0) is 18.6 Å². The lowest BCUT2D eigenvalue weighted by molar-refractivity contribution is -0.218. The number of carbonyl (C=O) groups excluding carboxylic acids is 3. The van der Waals surface area contributed by atoms with Gasteiger partial charge in [-0.1, -0.05) is 26.8 Å². The van der Waals surface area contributed by atoms with Crippen molar-refractivity contribution in [1.29, 1.82) is 0 Å². The molecular weight excluding hydrogens is 404 g/mol. The van der Waals surface area contributed by atoms with E-state index in [0.29, 0.717) is 5.57 Å². The van der Waals surface area contributed by atoms with Gasteiger partial charge in [-0.25, -0.2) is 0 Å². The Bertz CT molecular complexity index is 947. The smallest absolute Gasteiger partial charge is 0.307 e. The van der Waals surface area contributed by atoms with Crippen molar-refractivity contribution >= 4 is 17.7 Å². The number of ketones is 1. The number of hydrogen-bond acceptors (Lipinski definition) is 8. The minimum atomic E-state index is -2.01. The molecule has 8 atom stereocenters. The number of aliphatic hydroxyl groups is 3. The molecule has 0 amide bonds. The van der Waals surface area contributed by atoms with Crippen LogP contribution in [-0.2, 0) is 23.9 Å². The molecule has 3 N–H and O–H groups in total. The van der Waals surface area contributed by atoms with Crippen LogP contribution in [0.1, 0.15) is 48.0 Å². The third-order valence-corrected chi connectivity index (χ3v) is 8.28.